The highest BCUT2D eigenvalue weighted by molar-refractivity contribution is 7.90. The van der Waals surface area contributed by atoms with Gasteiger partial charge in [0.1, 0.15) is 36.3 Å². The Morgan fingerprint density at radius 2 is 0.907 bits per heavy atom. The summed E-state index contributed by atoms with van der Waals surface area (Å²) in [5.41, 5.74) is 7.51. The molecular formula is C66H76N8O8S2Si2. The van der Waals surface area contributed by atoms with Crippen molar-refractivity contribution in [3.63, 3.8) is 0 Å². The summed E-state index contributed by atoms with van der Waals surface area (Å²) in [4.78, 5) is 10.1. The van der Waals surface area contributed by atoms with E-state index in [0.29, 0.717) is 85.5 Å². The number of fused-ring (bicyclic) bond motifs is 4. The second-order valence-electron chi connectivity index (χ2n) is 25.4. The molecule has 448 valence electrons. The van der Waals surface area contributed by atoms with Crippen LogP contribution >= 0.6 is 0 Å². The minimum atomic E-state index is -3.90. The molecule has 0 amide bonds. The highest BCUT2D eigenvalue weighted by atomic mass is 32.2. The Labute approximate surface area is 506 Å². The van der Waals surface area contributed by atoms with Gasteiger partial charge in [0.15, 0.2) is 0 Å². The quantitative estimate of drug-likeness (QED) is 0.0605. The van der Waals surface area contributed by atoms with Crippen LogP contribution in [-0.4, -0.2) is 83.5 Å². The molecule has 10 aromatic rings. The van der Waals surface area contributed by atoms with Gasteiger partial charge in [-0.15, -0.1) is 0 Å². The van der Waals surface area contributed by atoms with E-state index in [2.05, 4.69) is 51.4 Å². The van der Waals surface area contributed by atoms with E-state index in [9.17, 15) is 37.6 Å². The van der Waals surface area contributed by atoms with Crippen molar-refractivity contribution in [3.05, 3.63) is 189 Å². The van der Waals surface area contributed by atoms with Crippen LogP contribution in [0.4, 0.5) is 0 Å². The van der Waals surface area contributed by atoms with Crippen molar-refractivity contribution in [2.45, 2.75) is 141 Å². The monoisotopic (exact) mass is 1230 g/mol. The van der Waals surface area contributed by atoms with Crippen LogP contribution in [0.1, 0.15) is 81.1 Å². The summed E-state index contributed by atoms with van der Waals surface area (Å²) in [7, 11) is -10.4. The van der Waals surface area contributed by atoms with Gasteiger partial charge in [-0.3, -0.25) is 0 Å². The average Bonchev–Trinajstić information content (AvgIpc) is 1.54. The molecule has 0 bridgehead atoms. The molecule has 4 aromatic heterocycles. The van der Waals surface area contributed by atoms with E-state index < -0.39 is 47.4 Å². The normalized spacial score (nSPS) is 13.8. The van der Waals surface area contributed by atoms with Crippen LogP contribution in [0.15, 0.2) is 131 Å². The van der Waals surface area contributed by atoms with Gasteiger partial charge < -0.3 is 28.8 Å². The number of rotatable bonds is 18. The van der Waals surface area contributed by atoms with Crippen molar-refractivity contribution in [2.75, 3.05) is 13.2 Å². The molecule has 0 radical (unpaired) electrons. The minimum Gasteiger partial charge on any atom is -0.377 e. The van der Waals surface area contributed by atoms with Gasteiger partial charge in [0.05, 0.1) is 66.2 Å². The Bertz CT molecular complexity index is 4390. The van der Waals surface area contributed by atoms with E-state index in [1.54, 1.807) is 117 Å². The molecule has 0 aliphatic rings. The van der Waals surface area contributed by atoms with Crippen molar-refractivity contribution < 1.29 is 36.5 Å². The second kappa shape index (κ2) is 23.6. The maximum Gasteiger partial charge on any atom is 0.268 e. The fourth-order valence-electron chi connectivity index (χ4n) is 11.4. The Morgan fingerprint density at radius 1 is 0.512 bits per heavy atom. The third kappa shape index (κ3) is 12.3. The molecule has 86 heavy (non-hydrogen) atoms. The summed E-state index contributed by atoms with van der Waals surface area (Å²) < 4.78 is 73.7. The molecule has 16 nitrogen and oxygen atoms in total. The Hall–Kier alpha value is -7.51. The molecule has 0 saturated carbocycles. The summed E-state index contributed by atoms with van der Waals surface area (Å²) in [6, 6.07) is 37.6. The maximum absolute atomic E-state index is 13.8. The first-order valence-electron chi connectivity index (χ1n) is 28.6. The van der Waals surface area contributed by atoms with Crippen LogP contribution in [0.2, 0.25) is 51.4 Å². The standard InChI is InChI=1S/2C33H38N4O4SSi/c1-22-8-11-26(12-9-22)42(39,40)37-15-14-27-30(23(2)18-24(3)31(27)37)33(4,38)32-35-28-19-25(20-34)10-13-29(28)36(32)21-41-16-17-43(5,6)7;1-22-8-11-26(12-9-22)42(39,40)37-15-14-27-30(23(2)18-24(3)31(27)37)33(4,38)32-35-28-13-10-25(20-34)19-29(28)36(32)21-41-16-17-43(5,6)7/h2*8-15,18-19,38H,16-17,21H2,1-7H3. The van der Waals surface area contributed by atoms with E-state index >= 15 is 0 Å². The van der Waals surface area contributed by atoms with Crippen molar-refractivity contribution in [2.24, 2.45) is 0 Å². The first-order chi connectivity index (χ1) is 40.3. The summed E-state index contributed by atoms with van der Waals surface area (Å²) in [6.45, 7) is 30.0. The zero-order chi connectivity index (χ0) is 62.6. The lowest BCUT2D eigenvalue weighted by molar-refractivity contribution is 0.0568. The van der Waals surface area contributed by atoms with Crippen LogP contribution in [0.3, 0.4) is 0 Å². The van der Waals surface area contributed by atoms with Gasteiger partial charge in [0.25, 0.3) is 20.0 Å². The first-order valence-corrected chi connectivity index (χ1v) is 38.9. The maximum atomic E-state index is 13.8. The smallest absolute Gasteiger partial charge is 0.268 e. The number of aliphatic hydroxyl groups is 2. The zero-order valence-electron chi connectivity index (χ0n) is 51.5. The molecule has 10 rings (SSSR count). The molecule has 2 atom stereocenters. The number of imidazole rings is 2. The van der Waals surface area contributed by atoms with E-state index in [1.165, 1.54) is 7.94 Å². The fourth-order valence-corrected chi connectivity index (χ4v) is 15.7. The van der Waals surface area contributed by atoms with E-state index in [-0.39, 0.29) is 23.3 Å². The number of nitriles is 2. The summed E-state index contributed by atoms with van der Waals surface area (Å²) in [6.07, 6.45) is 3.10. The molecule has 0 spiro atoms. The molecule has 2 unspecified atom stereocenters. The minimum absolute atomic E-state index is 0.151. The molecule has 0 saturated heterocycles. The summed E-state index contributed by atoms with van der Waals surface area (Å²) in [5.74, 6) is 0.709. The fraction of sp³-hybridized carbons (Fsp3) is 0.333. The number of benzene rings is 6. The largest absolute Gasteiger partial charge is 0.377 e. The van der Waals surface area contributed by atoms with E-state index in [0.717, 1.165) is 51.0 Å². The number of aromatic nitrogens is 6. The lowest BCUT2D eigenvalue weighted by Crippen LogP contribution is -2.30. The predicted molar refractivity (Wildman–Crippen MR) is 345 cm³/mol. The average molecular weight is 1230 g/mol. The second-order valence-corrected chi connectivity index (χ2v) is 40.2. The van der Waals surface area contributed by atoms with Crippen molar-refractivity contribution in [1.82, 2.24) is 27.0 Å². The third-order valence-electron chi connectivity index (χ3n) is 15.8. The molecule has 2 N–H and O–H groups in total. The van der Waals surface area contributed by atoms with Gasteiger partial charge in [0.2, 0.25) is 0 Å². The summed E-state index contributed by atoms with van der Waals surface area (Å²) in [5, 5.41) is 45.2. The number of ether oxygens (including phenoxy) is 2. The van der Waals surface area contributed by atoms with E-state index in [4.69, 9.17) is 19.4 Å². The molecule has 20 heteroatoms. The lowest BCUT2D eigenvalue weighted by Gasteiger charge is -2.28. The zero-order valence-corrected chi connectivity index (χ0v) is 55.2. The number of hydrogen-bond donors (Lipinski definition) is 2. The van der Waals surface area contributed by atoms with Crippen molar-refractivity contribution in [1.29, 1.82) is 10.5 Å². The number of aryl methyl sites for hydroxylation is 6. The molecule has 4 heterocycles. The highest BCUT2D eigenvalue weighted by Crippen LogP contribution is 2.42. The van der Waals surface area contributed by atoms with Gasteiger partial charge in [-0.25, -0.2) is 34.7 Å². The number of nitrogens with zero attached hydrogens (tertiary/aromatic N) is 8. The van der Waals surface area contributed by atoms with Gasteiger partial charge in [-0.2, -0.15) is 10.5 Å². The Balaban J connectivity index is 0.000000205. The molecule has 0 fully saturated rings. The SMILES string of the molecule is Cc1ccc(S(=O)(=O)n2ccc3c(C(C)(O)c4nc5cc(C#N)ccc5n4COCC[Si](C)(C)C)c(C)cc(C)c32)cc1.Cc1ccc(S(=O)(=O)n2ccc3c(C(C)(O)c4nc5ccc(C#N)cc5n4COCC[Si](C)(C)C)c(C)cc(C)c32)cc1. The van der Waals surface area contributed by atoms with Gasteiger partial charge in [-0.05, 0) is 163 Å². The van der Waals surface area contributed by atoms with Gasteiger partial charge in [0, 0.05) is 63.7 Å². The molecular weight excluding hydrogens is 1150 g/mol. The summed E-state index contributed by atoms with van der Waals surface area (Å²) >= 11 is 0. The lowest BCUT2D eigenvalue weighted by atomic mass is 9.87. The first kappa shape index (κ1) is 63.0. The Morgan fingerprint density at radius 3 is 1.33 bits per heavy atom. The van der Waals surface area contributed by atoms with Crippen molar-refractivity contribution in [3.8, 4) is 12.1 Å². The van der Waals surface area contributed by atoms with Gasteiger partial charge >= 0.3 is 0 Å². The molecule has 0 aliphatic carbocycles. The highest BCUT2D eigenvalue weighted by Gasteiger charge is 2.39. The Kier molecular flexibility index (Phi) is 17.3. The molecule has 6 aromatic carbocycles. The van der Waals surface area contributed by atoms with Crippen molar-refractivity contribution >= 4 is 80.1 Å². The van der Waals surface area contributed by atoms with Gasteiger partial charge in [-0.1, -0.05) is 86.8 Å². The van der Waals surface area contributed by atoms with Crippen LogP contribution < -0.4 is 0 Å². The third-order valence-corrected chi connectivity index (χ3v) is 22.6. The molecule has 0 aliphatic heterocycles. The van der Waals surface area contributed by atoms with Crippen LogP contribution in [0, 0.1) is 64.2 Å². The van der Waals surface area contributed by atoms with E-state index in [1.807, 2.05) is 68.9 Å². The van der Waals surface area contributed by atoms with Crippen LogP contribution in [-0.2, 0) is 54.2 Å². The topological polar surface area (TPSA) is 220 Å². The van der Waals surface area contributed by atoms with Crippen LogP contribution in [0.25, 0.3) is 43.9 Å². The predicted octanol–water partition coefficient (Wildman–Crippen LogP) is 13.2. The van der Waals surface area contributed by atoms with Crippen LogP contribution in [0.5, 0.6) is 0 Å². The number of hydrogen-bond acceptors (Lipinski definition) is 12.